The molecule has 0 saturated heterocycles. The first-order valence-electron chi connectivity index (χ1n) is 5.28. The number of halogens is 3. The van der Waals surface area contributed by atoms with Gasteiger partial charge in [0.25, 0.3) is 0 Å². The Morgan fingerprint density at radius 1 is 1.28 bits per heavy atom. The molecule has 0 radical (unpaired) electrons. The lowest BCUT2D eigenvalue weighted by Gasteiger charge is -2.09. The van der Waals surface area contributed by atoms with Crippen LogP contribution in [-0.4, -0.2) is 4.98 Å². The second-order valence-corrected chi connectivity index (χ2v) is 5.58. The third kappa shape index (κ3) is 2.99. The first-order chi connectivity index (χ1) is 8.47. The SMILES string of the molecule is Cc1nc(CNc2c(Cl)cc(Br)cc2Cl)oc1C. The molecule has 0 bridgehead atoms. The Labute approximate surface area is 124 Å². The molecule has 3 nitrogen and oxygen atoms in total. The van der Waals surface area contributed by atoms with Crippen LogP contribution >= 0.6 is 39.1 Å². The molecule has 0 aliphatic rings. The van der Waals surface area contributed by atoms with Crippen LogP contribution in [0.1, 0.15) is 17.3 Å². The van der Waals surface area contributed by atoms with Crippen LogP contribution in [0, 0.1) is 13.8 Å². The number of hydrogen-bond donors (Lipinski definition) is 1. The Morgan fingerprint density at radius 2 is 1.89 bits per heavy atom. The van der Waals surface area contributed by atoms with Crippen LogP contribution in [0.3, 0.4) is 0 Å². The number of aromatic nitrogens is 1. The van der Waals surface area contributed by atoms with Gasteiger partial charge >= 0.3 is 0 Å². The minimum Gasteiger partial charge on any atom is -0.444 e. The van der Waals surface area contributed by atoms with Crippen LogP contribution in [0.25, 0.3) is 0 Å². The molecule has 18 heavy (non-hydrogen) atoms. The molecule has 0 spiro atoms. The Kier molecular flexibility index (Phi) is 4.20. The molecule has 0 amide bonds. The monoisotopic (exact) mass is 348 g/mol. The minimum absolute atomic E-state index is 0.440. The van der Waals surface area contributed by atoms with Gasteiger partial charge in [-0.15, -0.1) is 0 Å². The van der Waals surface area contributed by atoms with Crippen LogP contribution < -0.4 is 5.32 Å². The quantitative estimate of drug-likeness (QED) is 0.849. The van der Waals surface area contributed by atoms with E-state index in [2.05, 4.69) is 26.2 Å². The third-order valence-corrected chi connectivity index (χ3v) is 3.55. The summed E-state index contributed by atoms with van der Waals surface area (Å²) in [6.07, 6.45) is 0. The van der Waals surface area contributed by atoms with E-state index >= 15 is 0 Å². The van der Waals surface area contributed by atoms with Crippen LogP contribution in [0.5, 0.6) is 0 Å². The van der Waals surface area contributed by atoms with Gasteiger partial charge in [0.15, 0.2) is 0 Å². The molecule has 96 valence electrons. The highest BCUT2D eigenvalue weighted by Crippen LogP contribution is 2.34. The van der Waals surface area contributed by atoms with E-state index in [4.69, 9.17) is 27.6 Å². The standard InChI is InChI=1S/C12H11BrCl2N2O/c1-6-7(2)18-11(17-6)5-16-12-9(14)3-8(13)4-10(12)15/h3-4,16H,5H2,1-2H3. The maximum atomic E-state index is 6.11. The summed E-state index contributed by atoms with van der Waals surface area (Å²) in [5, 5.41) is 4.23. The molecule has 2 aromatic rings. The van der Waals surface area contributed by atoms with Crippen molar-refractivity contribution in [2.45, 2.75) is 20.4 Å². The summed E-state index contributed by atoms with van der Waals surface area (Å²) in [6.45, 7) is 4.23. The van der Waals surface area contributed by atoms with Gasteiger partial charge in [0.05, 0.1) is 28.0 Å². The summed E-state index contributed by atoms with van der Waals surface area (Å²) in [4.78, 5) is 4.28. The second kappa shape index (κ2) is 5.51. The van der Waals surface area contributed by atoms with Crippen molar-refractivity contribution in [2.75, 3.05) is 5.32 Å². The second-order valence-electron chi connectivity index (χ2n) is 3.85. The molecule has 6 heteroatoms. The lowest BCUT2D eigenvalue weighted by Crippen LogP contribution is -2.01. The molecule has 0 unspecified atom stereocenters. The molecule has 0 aliphatic heterocycles. The van der Waals surface area contributed by atoms with E-state index in [-0.39, 0.29) is 0 Å². The number of benzene rings is 1. The highest BCUT2D eigenvalue weighted by atomic mass is 79.9. The van der Waals surface area contributed by atoms with E-state index in [1.54, 1.807) is 12.1 Å². The first-order valence-corrected chi connectivity index (χ1v) is 6.83. The van der Waals surface area contributed by atoms with Crippen molar-refractivity contribution in [1.82, 2.24) is 4.98 Å². The highest BCUT2D eigenvalue weighted by Gasteiger charge is 2.10. The fourth-order valence-electron chi connectivity index (χ4n) is 1.49. The molecule has 1 aromatic carbocycles. The molecule has 1 heterocycles. The fraction of sp³-hybridized carbons (Fsp3) is 0.250. The van der Waals surface area contributed by atoms with Crippen LogP contribution in [0.4, 0.5) is 5.69 Å². The molecular weight excluding hydrogens is 339 g/mol. The fourth-order valence-corrected chi connectivity index (χ4v) is 2.83. The van der Waals surface area contributed by atoms with Gasteiger partial charge in [-0.25, -0.2) is 4.98 Å². The first kappa shape index (κ1) is 13.7. The van der Waals surface area contributed by atoms with Crippen LogP contribution in [0.15, 0.2) is 21.0 Å². The number of hydrogen-bond acceptors (Lipinski definition) is 3. The molecule has 1 aromatic heterocycles. The summed E-state index contributed by atoms with van der Waals surface area (Å²) in [5.74, 6) is 1.43. The summed E-state index contributed by atoms with van der Waals surface area (Å²) in [7, 11) is 0. The van der Waals surface area contributed by atoms with Gasteiger partial charge in [-0.3, -0.25) is 0 Å². The normalized spacial score (nSPS) is 10.7. The van der Waals surface area contributed by atoms with E-state index in [0.717, 1.165) is 15.9 Å². The van der Waals surface area contributed by atoms with Crippen molar-refractivity contribution >= 4 is 44.8 Å². The average Bonchev–Trinajstić information content (AvgIpc) is 2.56. The van der Waals surface area contributed by atoms with E-state index in [1.807, 2.05) is 13.8 Å². The van der Waals surface area contributed by atoms with Crippen molar-refractivity contribution in [1.29, 1.82) is 0 Å². The zero-order chi connectivity index (χ0) is 13.3. The lowest BCUT2D eigenvalue weighted by molar-refractivity contribution is 0.478. The predicted octanol–water partition coefficient (Wildman–Crippen LogP) is 4.97. The number of aryl methyl sites for hydroxylation is 2. The molecule has 0 fully saturated rings. The number of nitrogens with one attached hydrogen (secondary N) is 1. The summed E-state index contributed by atoms with van der Waals surface area (Å²) < 4.78 is 6.31. The van der Waals surface area contributed by atoms with Gasteiger partial charge in [0, 0.05) is 4.47 Å². The van der Waals surface area contributed by atoms with Crippen molar-refractivity contribution in [3.63, 3.8) is 0 Å². The van der Waals surface area contributed by atoms with Gasteiger partial charge in [-0.2, -0.15) is 0 Å². The summed E-state index contributed by atoms with van der Waals surface area (Å²) in [5.41, 5.74) is 1.56. The van der Waals surface area contributed by atoms with Gasteiger partial charge in [-0.1, -0.05) is 39.1 Å². The molecule has 0 saturated carbocycles. The van der Waals surface area contributed by atoms with E-state index in [0.29, 0.717) is 28.2 Å². The topological polar surface area (TPSA) is 38.1 Å². The molecule has 1 N–H and O–H groups in total. The van der Waals surface area contributed by atoms with Crippen molar-refractivity contribution in [3.05, 3.63) is 44.0 Å². The molecule has 0 atom stereocenters. The van der Waals surface area contributed by atoms with E-state index in [1.165, 1.54) is 0 Å². The zero-order valence-corrected chi connectivity index (χ0v) is 12.9. The molecule has 2 rings (SSSR count). The van der Waals surface area contributed by atoms with E-state index in [9.17, 15) is 0 Å². The van der Waals surface area contributed by atoms with Crippen LogP contribution in [0.2, 0.25) is 10.0 Å². The smallest absolute Gasteiger partial charge is 0.213 e. The molecular formula is C12H11BrCl2N2O. The Hall–Kier alpha value is -0.710. The van der Waals surface area contributed by atoms with Gasteiger partial charge in [0.1, 0.15) is 5.76 Å². The maximum absolute atomic E-state index is 6.11. The van der Waals surface area contributed by atoms with Gasteiger partial charge in [0.2, 0.25) is 5.89 Å². The van der Waals surface area contributed by atoms with Gasteiger partial charge < -0.3 is 9.73 Å². The average molecular weight is 350 g/mol. The van der Waals surface area contributed by atoms with E-state index < -0.39 is 0 Å². The lowest BCUT2D eigenvalue weighted by atomic mass is 10.3. The zero-order valence-electron chi connectivity index (χ0n) is 9.85. The maximum Gasteiger partial charge on any atom is 0.213 e. The van der Waals surface area contributed by atoms with Crippen molar-refractivity contribution in [3.8, 4) is 0 Å². The predicted molar refractivity (Wildman–Crippen MR) is 77.5 cm³/mol. The Bertz CT molecular complexity index is 541. The number of rotatable bonds is 3. The number of anilines is 1. The minimum atomic E-state index is 0.440. The third-order valence-electron chi connectivity index (χ3n) is 2.50. The Morgan fingerprint density at radius 3 is 2.39 bits per heavy atom. The Balaban J connectivity index is 2.15. The van der Waals surface area contributed by atoms with Crippen molar-refractivity contribution < 1.29 is 4.42 Å². The van der Waals surface area contributed by atoms with Crippen molar-refractivity contribution in [2.24, 2.45) is 0 Å². The largest absolute Gasteiger partial charge is 0.444 e. The van der Waals surface area contributed by atoms with Crippen LogP contribution in [-0.2, 0) is 6.54 Å². The summed E-state index contributed by atoms with van der Waals surface area (Å²) >= 11 is 15.5. The highest BCUT2D eigenvalue weighted by molar-refractivity contribution is 9.10. The number of oxazole rings is 1. The number of nitrogens with zero attached hydrogens (tertiary/aromatic N) is 1. The molecule has 0 aliphatic carbocycles. The summed E-state index contributed by atoms with van der Waals surface area (Å²) in [6, 6.07) is 3.56. The van der Waals surface area contributed by atoms with Gasteiger partial charge in [-0.05, 0) is 26.0 Å².